The van der Waals surface area contributed by atoms with E-state index < -0.39 is 0 Å². The quantitative estimate of drug-likeness (QED) is 0.420. The van der Waals surface area contributed by atoms with E-state index in [4.69, 9.17) is 23.7 Å². The molecule has 0 radical (unpaired) electrons. The SMILES string of the molecule is COc1cc([C@@H]2c3cc4c(cc3[C@@H](CCN(C)Cc3ccccc3)C3COC(=O)[C@@H]32)OCO4)cc(OC)c1O. The molecule has 4 atom stereocenters. The van der Waals surface area contributed by atoms with Crippen LogP contribution in [-0.2, 0) is 16.1 Å². The normalized spacial score (nSPS) is 22.8. The van der Waals surface area contributed by atoms with Gasteiger partial charge in [0.15, 0.2) is 23.0 Å². The standard InChI is InChI=1S/C31H33NO7/c1-32(15-18-7-5-4-6-8-18)10-9-20-21-13-24-25(39-17-38-24)14-22(21)28(29-23(20)16-37-31(29)34)19-11-26(35-2)30(33)27(12-19)36-3/h4-8,11-14,20,23,28-29,33H,9-10,15-17H2,1-3H3/t20-,23?,28-,29+/m1/s1. The lowest BCUT2D eigenvalue weighted by Crippen LogP contribution is -2.36. The van der Waals surface area contributed by atoms with Gasteiger partial charge < -0.3 is 33.7 Å². The Morgan fingerprint density at radius 2 is 1.62 bits per heavy atom. The maximum atomic E-state index is 13.3. The van der Waals surface area contributed by atoms with Crippen LogP contribution in [0.3, 0.4) is 0 Å². The molecular weight excluding hydrogens is 498 g/mol. The predicted octanol–water partition coefficient (Wildman–Crippen LogP) is 4.68. The Bertz CT molecular complexity index is 1350. The van der Waals surface area contributed by atoms with Crippen molar-refractivity contribution < 1.29 is 33.6 Å². The Hall–Kier alpha value is -3.91. The first-order valence-electron chi connectivity index (χ1n) is 13.3. The molecule has 0 amide bonds. The molecule has 0 bridgehead atoms. The monoisotopic (exact) mass is 531 g/mol. The molecule has 3 aromatic rings. The highest BCUT2D eigenvalue weighted by molar-refractivity contribution is 5.79. The number of ether oxygens (including phenoxy) is 5. The van der Waals surface area contributed by atoms with E-state index in [0.717, 1.165) is 42.0 Å². The number of methoxy groups -OCH3 is 2. The second-order valence-corrected chi connectivity index (χ2v) is 10.5. The minimum atomic E-state index is -0.388. The van der Waals surface area contributed by atoms with E-state index in [1.165, 1.54) is 19.8 Å². The lowest BCUT2D eigenvalue weighted by atomic mass is 9.62. The molecular formula is C31H33NO7. The minimum absolute atomic E-state index is 0.00807. The van der Waals surface area contributed by atoms with Gasteiger partial charge in [0.1, 0.15) is 0 Å². The van der Waals surface area contributed by atoms with Crippen molar-refractivity contribution in [2.24, 2.45) is 11.8 Å². The first-order valence-corrected chi connectivity index (χ1v) is 13.3. The summed E-state index contributed by atoms with van der Waals surface area (Å²) in [5.74, 6) is 1.07. The van der Waals surface area contributed by atoms with Crippen molar-refractivity contribution >= 4 is 5.97 Å². The van der Waals surface area contributed by atoms with E-state index in [9.17, 15) is 9.90 Å². The molecule has 6 rings (SSSR count). The van der Waals surface area contributed by atoms with Crippen molar-refractivity contribution in [1.29, 1.82) is 0 Å². The third-order valence-corrected chi connectivity index (χ3v) is 8.32. The fourth-order valence-electron chi connectivity index (χ4n) is 6.47. The molecule has 0 aromatic heterocycles. The van der Waals surface area contributed by atoms with E-state index in [1.54, 1.807) is 12.1 Å². The first kappa shape index (κ1) is 25.4. The maximum Gasteiger partial charge on any atom is 0.310 e. The van der Waals surface area contributed by atoms with Crippen LogP contribution in [0.4, 0.5) is 0 Å². The van der Waals surface area contributed by atoms with Crippen LogP contribution in [0.1, 0.15) is 40.5 Å². The van der Waals surface area contributed by atoms with Crippen LogP contribution in [0, 0.1) is 11.8 Å². The number of esters is 1. The Morgan fingerprint density at radius 1 is 0.949 bits per heavy atom. The second-order valence-electron chi connectivity index (χ2n) is 10.5. The summed E-state index contributed by atoms with van der Waals surface area (Å²) in [6, 6.07) is 18.1. The lowest BCUT2D eigenvalue weighted by molar-refractivity contribution is -0.141. The number of hydrogen-bond acceptors (Lipinski definition) is 8. The highest BCUT2D eigenvalue weighted by Crippen LogP contribution is 2.57. The highest BCUT2D eigenvalue weighted by atomic mass is 16.7. The Kier molecular flexibility index (Phi) is 6.73. The molecule has 1 fully saturated rings. The van der Waals surface area contributed by atoms with Crippen LogP contribution >= 0.6 is 0 Å². The molecule has 2 aliphatic heterocycles. The number of hydrogen-bond donors (Lipinski definition) is 1. The molecule has 0 saturated carbocycles. The van der Waals surface area contributed by atoms with E-state index in [1.807, 2.05) is 12.1 Å². The molecule has 39 heavy (non-hydrogen) atoms. The minimum Gasteiger partial charge on any atom is -0.502 e. The van der Waals surface area contributed by atoms with Crippen LogP contribution in [0.5, 0.6) is 28.7 Å². The number of aromatic hydroxyl groups is 1. The summed E-state index contributed by atoms with van der Waals surface area (Å²) in [7, 11) is 5.13. The highest BCUT2D eigenvalue weighted by Gasteiger charge is 2.52. The van der Waals surface area contributed by atoms with Crippen molar-refractivity contribution in [3.8, 4) is 28.7 Å². The Balaban J connectivity index is 1.41. The average Bonchev–Trinajstić information content (AvgIpc) is 3.57. The van der Waals surface area contributed by atoms with Crippen molar-refractivity contribution in [3.05, 3.63) is 76.9 Å². The van der Waals surface area contributed by atoms with Crippen molar-refractivity contribution in [1.82, 2.24) is 4.90 Å². The van der Waals surface area contributed by atoms with Crippen LogP contribution in [-0.4, -0.2) is 57.2 Å². The summed E-state index contributed by atoms with van der Waals surface area (Å²) >= 11 is 0. The molecule has 8 nitrogen and oxygen atoms in total. The molecule has 3 aromatic carbocycles. The zero-order chi connectivity index (χ0) is 27.1. The topological polar surface area (TPSA) is 86.7 Å². The van der Waals surface area contributed by atoms with E-state index >= 15 is 0 Å². The predicted molar refractivity (Wildman–Crippen MR) is 144 cm³/mol. The van der Waals surface area contributed by atoms with Gasteiger partial charge in [0.2, 0.25) is 12.5 Å². The summed E-state index contributed by atoms with van der Waals surface area (Å²) in [5, 5.41) is 10.6. The number of rotatable bonds is 8. The number of phenolic OH excluding ortho intramolecular Hbond substituents is 1. The van der Waals surface area contributed by atoms with Gasteiger partial charge in [0.05, 0.1) is 26.7 Å². The first-order chi connectivity index (χ1) is 19.0. The Labute approximate surface area is 228 Å². The van der Waals surface area contributed by atoms with Gasteiger partial charge in [0, 0.05) is 18.4 Å². The summed E-state index contributed by atoms with van der Waals surface area (Å²) in [4.78, 5) is 15.7. The number of cyclic esters (lactones) is 1. The third kappa shape index (κ3) is 4.52. The van der Waals surface area contributed by atoms with Gasteiger partial charge in [-0.25, -0.2) is 0 Å². The number of benzene rings is 3. The molecule has 3 aliphatic rings. The van der Waals surface area contributed by atoms with Crippen molar-refractivity contribution in [2.75, 3.05) is 41.2 Å². The molecule has 1 saturated heterocycles. The zero-order valence-corrected chi connectivity index (χ0v) is 22.4. The van der Waals surface area contributed by atoms with Crippen LogP contribution < -0.4 is 18.9 Å². The van der Waals surface area contributed by atoms with Gasteiger partial charge in [-0.3, -0.25) is 4.79 Å². The zero-order valence-electron chi connectivity index (χ0n) is 22.4. The molecule has 1 N–H and O–H groups in total. The summed E-state index contributed by atoms with van der Waals surface area (Å²) < 4.78 is 28.2. The summed E-state index contributed by atoms with van der Waals surface area (Å²) in [5.41, 5.74) is 4.22. The smallest absolute Gasteiger partial charge is 0.310 e. The van der Waals surface area contributed by atoms with Gasteiger partial charge in [-0.15, -0.1) is 0 Å². The number of fused-ring (bicyclic) bond motifs is 3. The molecule has 8 heteroatoms. The van der Waals surface area contributed by atoms with Gasteiger partial charge in [-0.1, -0.05) is 30.3 Å². The van der Waals surface area contributed by atoms with Crippen LogP contribution in [0.25, 0.3) is 0 Å². The van der Waals surface area contributed by atoms with Gasteiger partial charge >= 0.3 is 5.97 Å². The average molecular weight is 532 g/mol. The number of nitrogens with zero attached hydrogens (tertiary/aromatic N) is 1. The lowest BCUT2D eigenvalue weighted by Gasteiger charge is -2.40. The molecule has 0 spiro atoms. The number of phenols is 1. The van der Waals surface area contributed by atoms with Gasteiger partial charge in [-0.2, -0.15) is 0 Å². The molecule has 1 unspecified atom stereocenters. The van der Waals surface area contributed by atoms with E-state index in [-0.39, 0.29) is 42.2 Å². The van der Waals surface area contributed by atoms with Crippen molar-refractivity contribution in [2.45, 2.75) is 24.8 Å². The third-order valence-electron chi connectivity index (χ3n) is 8.32. The fraction of sp³-hybridized carbons (Fsp3) is 0.387. The van der Waals surface area contributed by atoms with Gasteiger partial charge in [0.25, 0.3) is 0 Å². The van der Waals surface area contributed by atoms with Gasteiger partial charge in [-0.05, 0) is 72.5 Å². The number of carbonyl (C=O) groups excluding carboxylic acids is 1. The summed E-state index contributed by atoms with van der Waals surface area (Å²) in [6.07, 6.45) is 0.864. The molecule has 2 heterocycles. The second kappa shape index (κ2) is 10.3. The van der Waals surface area contributed by atoms with E-state index in [0.29, 0.717) is 23.9 Å². The maximum absolute atomic E-state index is 13.3. The summed E-state index contributed by atoms with van der Waals surface area (Å²) in [6.45, 7) is 2.24. The molecule has 204 valence electrons. The largest absolute Gasteiger partial charge is 0.502 e. The van der Waals surface area contributed by atoms with Crippen LogP contribution in [0.15, 0.2) is 54.6 Å². The van der Waals surface area contributed by atoms with Crippen molar-refractivity contribution in [3.63, 3.8) is 0 Å². The molecule has 1 aliphatic carbocycles. The number of carbonyl (C=O) groups is 1. The Morgan fingerprint density at radius 3 is 2.28 bits per heavy atom. The fourth-order valence-corrected chi connectivity index (χ4v) is 6.47. The van der Waals surface area contributed by atoms with Crippen LogP contribution in [0.2, 0.25) is 0 Å². The van der Waals surface area contributed by atoms with E-state index in [2.05, 4.69) is 42.3 Å².